The Labute approximate surface area is 233 Å². The molecule has 2 aromatic carbocycles. The van der Waals surface area contributed by atoms with E-state index in [1.54, 1.807) is 14.0 Å². The van der Waals surface area contributed by atoms with Gasteiger partial charge >= 0.3 is 5.97 Å². The number of benzene rings is 2. The van der Waals surface area contributed by atoms with Gasteiger partial charge in [-0.3, -0.25) is 0 Å². The van der Waals surface area contributed by atoms with Crippen LogP contribution in [0.15, 0.2) is 48.6 Å². The van der Waals surface area contributed by atoms with Crippen LogP contribution in [0.5, 0.6) is 17.2 Å². The van der Waals surface area contributed by atoms with Crippen LogP contribution in [0.1, 0.15) is 81.4 Å². The van der Waals surface area contributed by atoms with Gasteiger partial charge in [0.2, 0.25) is 0 Å². The Kier molecular flexibility index (Phi) is 12.5. The SMILES string of the molecule is C=C(C)C(=O)OCCCCCCCCCCCOc1ccc(C(C#N)=Cc2ccc3c(c2)OCC3)cc1OC. The molecule has 1 aliphatic rings. The number of nitrogens with zero attached hydrogens (tertiary/aromatic N) is 1. The van der Waals surface area contributed by atoms with Crippen molar-refractivity contribution in [1.29, 1.82) is 5.26 Å². The topological polar surface area (TPSA) is 77.8 Å². The van der Waals surface area contributed by atoms with Gasteiger partial charge in [-0.1, -0.05) is 63.7 Å². The van der Waals surface area contributed by atoms with E-state index < -0.39 is 0 Å². The average molecular weight is 532 g/mol. The zero-order valence-electron chi connectivity index (χ0n) is 23.4. The standard InChI is InChI=1S/C33H41NO5/c1-25(2)33(35)39-19-12-10-8-6-4-5-7-9-11-18-37-30-16-15-28(23-32(30)36-3)29(24-34)21-26-13-14-27-17-20-38-31(27)22-26/h13-16,21-23H,1,4-12,17-20H2,2-3H3. The summed E-state index contributed by atoms with van der Waals surface area (Å²) in [5.74, 6) is 1.92. The van der Waals surface area contributed by atoms with E-state index >= 15 is 0 Å². The summed E-state index contributed by atoms with van der Waals surface area (Å²) in [7, 11) is 1.62. The highest BCUT2D eigenvalue weighted by Crippen LogP contribution is 2.32. The highest BCUT2D eigenvalue weighted by atomic mass is 16.5. The summed E-state index contributed by atoms with van der Waals surface area (Å²) in [6, 6.07) is 14.0. The van der Waals surface area contributed by atoms with Crippen molar-refractivity contribution in [2.45, 2.75) is 71.1 Å². The zero-order chi connectivity index (χ0) is 27.9. The summed E-state index contributed by atoms with van der Waals surface area (Å²) in [5.41, 5.74) is 3.95. The van der Waals surface area contributed by atoms with Crippen molar-refractivity contribution < 1.29 is 23.7 Å². The van der Waals surface area contributed by atoms with E-state index in [0.717, 1.165) is 49.0 Å². The number of carbonyl (C=O) groups is 1. The summed E-state index contributed by atoms with van der Waals surface area (Å²) < 4.78 is 22.3. The van der Waals surface area contributed by atoms with Crippen molar-refractivity contribution >= 4 is 17.6 Å². The number of methoxy groups -OCH3 is 1. The van der Waals surface area contributed by atoms with Crippen LogP contribution in [0.3, 0.4) is 0 Å². The van der Waals surface area contributed by atoms with E-state index in [1.165, 1.54) is 37.7 Å². The predicted molar refractivity (Wildman–Crippen MR) is 155 cm³/mol. The van der Waals surface area contributed by atoms with E-state index in [2.05, 4.69) is 18.7 Å². The molecule has 3 rings (SSSR count). The van der Waals surface area contributed by atoms with Crippen LogP contribution >= 0.6 is 0 Å². The van der Waals surface area contributed by atoms with E-state index in [-0.39, 0.29) is 5.97 Å². The third-order valence-corrected chi connectivity index (χ3v) is 6.75. The fourth-order valence-electron chi connectivity index (χ4n) is 4.49. The molecule has 0 aliphatic carbocycles. The predicted octanol–water partition coefficient (Wildman–Crippen LogP) is 7.70. The van der Waals surface area contributed by atoms with Crippen LogP contribution in [0.25, 0.3) is 11.6 Å². The molecule has 39 heavy (non-hydrogen) atoms. The molecule has 0 spiro atoms. The van der Waals surface area contributed by atoms with Crippen molar-refractivity contribution in [3.8, 4) is 23.3 Å². The van der Waals surface area contributed by atoms with Crippen molar-refractivity contribution in [3.05, 3.63) is 65.2 Å². The Morgan fingerprint density at radius 2 is 1.67 bits per heavy atom. The van der Waals surface area contributed by atoms with Gasteiger partial charge in [0, 0.05) is 12.0 Å². The molecule has 208 valence electrons. The first-order chi connectivity index (χ1) is 19.0. The summed E-state index contributed by atoms with van der Waals surface area (Å²) in [4.78, 5) is 11.3. The summed E-state index contributed by atoms with van der Waals surface area (Å²) in [6.45, 7) is 7.08. The number of ether oxygens (including phenoxy) is 4. The molecule has 0 amide bonds. The summed E-state index contributed by atoms with van der Waals surface area (Å²) in [6.07, 6.45) is 13.0. The number of nitriles is 1. The lowest BCUT2D eigenvalue weighted by Gasteiger charge is -2.12. The number of carbonyl (C=O) groups excluding carboxylic acids is 1. The Balaban J connectivity index is 1.33. The number of fused-ring (bicyclic) bond motifs is 1. The lowest BCUT2D eigenvalue weighted by Crippen LogP contribution is -2.05. The molecule has 2 aromatic rings. The second-order valence-corrected chi connectivity index (χ2v) is 9.95. The molecule has 0 saturated heterocycles. The largest absolute Gasteiger partial charge is 0.493 e. The molecule has 6 nitrogen and oxygen atoms in total. The van der Waals surface area contributed by atoms with Gasteiger partial charge in [-0.2, -0.15) is 5.26 Å². The van der Waals surface area contributed by atoms with Crippen molar-refractivity contribution in [2.24, 2.45) is 0 Å². The molecule has 0 radical (unpaired) electrons. The maximum absolute atomic E-state index is 11.3. The smallest absolute Gasteiger partial charge is 0.333 e. The first-order valence-electron chi connectivity index (χ1n) is 14.0. The lowest BCUT2D eigenvalue weighted by atomic mass is 10.0. The van der Waals surface area contributed by atoms with E-state index in [9.17, 15) is 10.1 Å². The summed E-state index contributed by atoms with van der Waals surface area (Å²) in [5, 5.41) is 9.79. The van der Waals surface area contributed by atoms with Crippen molar-refractivity contribution in [1.82, 2.24) is 0 Å². The molecule has 0 fully saturated rings. The molecule has 0 unspecified atom stereocenters. The number of hydrogen-bond acceptors (Lipinski definition) is 6. The molecule has 1 aliphatic heterocycles. The van der Waals surface area contributed by atoms with E-state index in [1.807, 2.05) is 36.4 Å². The second kappa shape index (κ2) is 16.3. The molecule has 0 atom stereocenters. The Hall–Kier alpha value is -3.72. The lowest BCUT2D eigenvalue weighted by molar-refractivity contribution is -0.139. The molecule has 0 bridgehead atoms. The Morgan fingerprint density at radius 3 is 2.33 bits per heavy atom. The number of unbranched alkanes of at least 4 members (excludes halogenated alkanes) is 8. The minimum Gasteiger partial charge on any atom is -0.493 e. The maximum Gasteiger partial charge on any atom is 0.333 e. The zero-order valence-corrected chi connectivity index (χ0v) is 23.4. The van der Waals surface area contributed by atoms with Gasteiger partial charge in [-0.15, -0.1) is 0 Å². The minimum atomic E-state index is -0.294. The fourth-order valence-corrected chi connectivity index (χ4v) is 4.49. The highest BCUT2D eigenvalue weighted by Gasteiger charge is 2.13. The van der Waals surface area contributed by atoms with Gasteiger partial charge in [0.25, 0.3) is 0 Å². The number of esters is 1. The van der Waals surface area contributed by atoms with Gasteiger partial charge in [0.05, 0.1) is 38.6 Å². The van der Waals surface area contributed by atoms with Crippen LogP contribution in [0.2, 0.25) is 0 Å². The molecule has 6 heteroatoms. The summed E-state index contributed by atoms with van der Waals surface area (Å²) >= 11 is 0. The van der Waals surface area contributed by atoms with E-state index in [0.29, 0.717) is 42.5 Å². The van der Waals surface area contributed by atoms with E-state index in [4.69, 9.17) is 18.9 Å². The van der Waals surface area contributed by atoms with Crippen molar-refractivity contribution in [2.75, 3.05) is 26.9 Å². The van der Waals surface area contributed by atoms with Gasteiger partial charge in [-0.25, -0.2) is 4.79 Å². The highest BCUT2D eigenvalue weighted by molar-refractivity contribution is 5.90. The molecular formula is C33H41NO5. The Morgan fingerprint density at radius 1 is 0.974 bits per heavy atom. The Bertz CT molecular complexity index is 1180. The normalized spacial score (nSPS) is 12.3. The number of allylic oxidation sites excluding steroid dienone is 1. The number of rotatable bonds is 17. The monoisotopic (exact) mass is 531 g/mol. The second-order valence-electron chi connectivity index (χ2n) is 9.95. The molecule has 0 saturated carbocycles. The first-order valence-corrected chi connectivity index (χ1v) is 14.0. The molecule has 0 N–H and O–H groups in total. The quantitative estimate of drug-likeness (QED) is 0.0684. The third-order valence-electron chi connectivity index (χ3n) is 6.75. The molecule has 1 heterocycles. The minimum absolute atomic E-state index is 0.294. The average Bonchev–Trinajstić information content (AvgIpc) is 3.42. The van der Waals surface area contributed by atoms with Gasteiger partial charge in [0.15, 0.2) is 11.5 Å². The first kappa shape index (κ1) is 29.8. The van der Waals surface area contributed by atoms with Crippen LogP contribution in [0, 0.1) is 11.3 Å². The van der Waals surface area contributed by atoms with Crippen LogP contribution in [-0.4, -0.2) is 32.9 Å². The van der Waals surface area contributed by atoms with Gasteiger partial charge in [-0.05, 0) is 66.8 Å². The number of hydrogen-bond donors (Lipinski definition) is 0. The van der Waals surface area contributed by atoms with Crippen LogP contribution < -0.4 is 14.2 Å². The van der Waals surface area contributed by atoms with Crippen LogP contribution in [-0.2, 0) is 16.0 Å². The van der Waals surface area contributed by atoms with Gasteiger partial charge < -0.3 is 18.9 Å². The van der Waals surface area contributed by atoms with Gasteiger partial charge in [0.1, 0.15) is 5.75 Å². The van der Waals surface area contributed by atoms with Crippen LogP contribution in [0.4, 0.5) is 0 Å². The molecule has 0 aromatic heterocycles. The maximum atomic E-state index is 11.3. The fraction of sp³-hybridized carbons (Fsp3) is 0.455. The van der Waals surface area contributed by atoms with Crippen molar-refractivity contribution in [3.63, 3.8) is 0 Å². The molecular weight excluding hydrogens is 490 g/mol. The third kappa shape index (κ3) is 9.83.